The zero-order valence-corrected chi connectivity index (χ0v) is 22.8. The number of aryl methyl sites for hydroxylation is 1. The van der Waals surface area contributed by atoms with Crippen LogP contribution in [-0.4, -0.2) is 54.6 Å². The number of fused-ring (bicyclic) bond motifs is 1. The SMILES string of the molecule is CCc1cccc(NC(=O)CC2N=C(c3ccccn3)c3ccccc3N(CC(=O)C(C)(C)COC)C2=O)c1. The van der Waals surface area contributed by atoms with Crippen LogP contribution in [0.15, 0.2) is 77.9 Å². The van der Waals surface area contributed by atoms with Crippen molar-refractivity contribution in [3.8, 4) is 0 Å². The predicted octanol–water partition coefficient (Wildman–Crippen LogP) is 4.47. The number of hydrogen-bond acceptors (Lipinski definition) is 6. The summed E-state index contributed by atoms with van der Waals surface area (Å²) in [6, 6.07) is 19.3. The van der Waals surface area contributed by atoms with Crippen molar-refractivity contribution in [2.45, 2.75) is 39.7 Å². The number of ether oxygens (including phenoxy) is 1. The molecule has 0 fully saturated rings. The van der Waals surface area contributed by atoms with E-state index in [1.807, 2.05) is 61.5 Å². The fourth-order valence-corrected chi connectivity index (χ4v) is 4.55. The summed E-state index contributed by atoms with van der Waals surface area (Å²) in [6.45, 7) is 5.67. The molecule has 0 saturated heterocycles. The zero-order chi connectivity index (χ0) is 28.0. The number of ketones is 1. The van der Waals surface area contributed by atoms with Gasteiger partial charge >= 0.3 is 0 Å². The van der Waals surface area contributed by atoms with Crippen LogP contribution in [0.3, 0.4) is 0 Å². The molecule has 8 heteroatoms. The highest BCUT2D eigenvalue weighted by Crippen LogP contribution is 2.30. The van der Waals surface area contributed by atoms with Crippen molar-refractivity contribution in [3.63, 3.8) is 0 Å². The van der Waals surface area contributed by atoms with Crippen molar-refractivity contribution in [2.75, 3.05) is 30.5 Å². The van der Waals surface area contributed by atoms with Gasteiger partial charge < -0.3 is 15.0 Å². The van der Waals surface area contributed by atoms with Gasteiger partial charge in [-0.3, -0.25) is 24.4 Å². The van der Waals surface area contributed by atoms with Gasteiger partial charge in [0, 0.05) is 30.0 Å². The molecule has 0 radical (unpaired) electrons. The number of benzene rings is 2. The lowest BCUT2D eigenvalue weighted by molar-refractivity contribution is -0.130. The Morgan fingerprint density at radius 1 is 1.05 bits per heavy atom. The van der Waals surface area contributed by atoms with Crippen molar-refractivity contribution in [2.24, 2.45) is 10.4 Å². The van der Waals surface area contributed by atoms with Crippen LogP contribution >= 0.6 is 0 Å². The van der Waals surface area contributed by atoms with Crippen LogP contribution in [0, 0.1) is 5.41 Å². The van der Waals surface area contributed by atoms with Gasteiger partial charge in [0.15, 0.2) is 5.78 Å². The molecule has 0 saturated carbocycles. The lowest BCUT2D eigenvalue weighted by atomic mass is 9.88. The molecule has 0 aliphatic carbocycles. The molecule has 202 valence electrons. The number of aromatic nitrogens is 1. The van der Waals surface area contributed by atoms with Gasteiger partial charge in [0.1, 0.15) is 6.04 Å². The molecule has 1 aliphatic heterocycles. The number of rotatable bonds is 10. The van der Waals surface area contributed by atoms with Gasteiger partial charge in [0.2, 0.25) is 5.91 Å². The van der Waals surface area contributed by atoms with Crippen LogP contribution in [0.5, 0.6) is 0 Å². The number of nitrogens with one attached hydrogen (secondary N) is 1. The third-order valence-electron chi connectivity index (χ3n) is 6.75. The number of pyridine rings is 1. The first-order valence-electron chi connectivity index (χ1n) is 13.0. The van der Waals surface area contributed by atoms with E-state index < -0.39 is 17.4 Å². The number of aliphatic imine (C=N–C) groups is 1. The summed E-state index contributed by atoms with van der Waals surface area (Å²) in [6.07, 6.45) is 2.30. The lowest BCUT2D eigenvalue weighted by Crippen LogP contribution is -2.46. The van der Waals surface area contributed by atoms with Crippen molar-refractivity contribution in [1.82, 2.24) is 4.98 Å². The second-order valence-corrected chi connectivity index (χ2v) is 10.2. The Kier molecular flexibility index (Phi) is 8.66. The second-order valence-electron chi connectivity index (χ2n) is 10.2. The van der Waals surface area contributed by atoms with E-state index in [2.05, 4.69) is 10.3 Å². The highest BCUT2D eigenvalue weighted by atomic mass is 16.5. The van der Waals surface area contributed by atoms with Crippen LogP contribution in [0.25, 0.3) is 0 Å². The van der Waals surface area contributed by atoms with Crippen molar-refractivity contribution in [3.05, 3.63) is 89.7 Å². The molecule has 4 rings (SSSR count). The molecule has 1 N–H and O–H groups in total. The molecule has 1 aromatic heterocycles. The first kappa shape index (κ1) is 27.9. The van der Waals surface area contributed by atoms with Gasteiger partial charge in [-0.25, -0.2) is 0 Å². The Morgan fingerprint density at radius 3 is 2.54 bits per heavy atom. The van der Waals surface area contributed by atoms with E-state index in [0.29, 0.717) is 28.3 Å². The number of methoxy groups -OCH3 is 1. The average molecular weight is 527 g/mol. The molecular weight excluding hydrogens is 492 g/mol. The largest absolute Gasteiger partial charge is 0.384 e. The Bertz CT molecular complexity index is 1380. The maximum Gasteiger partial charge on any atom is 0.252 e. The molecule has 3 aromatic rings. The number of benzodiazepines with no additional fused rings is 1. The predicted molar refractivity (Wildman–Crippen MR) is 152 cm³/mol. The maximum absolute atomic E-state index is 14.0. The van der Waals surface area contributed by atoms with E-state index in [9.17, 15) is 14.4 Å². The molecule has 2 aromatic carbocycles. The van der Waals surface area contributed by atoms with Crippen molar-refractivity contribution >= 4 is 34.7 Å². The average Bonchev–Trinajstić information content (AvgIpc) is 3.04. The minimum absolute atomic E-state index is 0.159. The van der Waals surface area contributed by atoms with E-state index in [1.54, 1.807) is 39.3 Å². The Balaban J connectivity index is 1.73. The molecule has 1 unspecified atom stereocenters. The molecule has 1 aliphatic rings. The zero-order valence-electron chi connectivity index (χ0n) is 22.8. The first-order chi connectivity index (χ1) is 18.7. The van der Waals surface area contributed by atoms with Crippen LogP contribution in [0.4, 0.5) is 11.4 Å². The fraction of sp³-hybridized carbons (Fsp3) is 0.323. The third-order valence-corrected chi connectivity index (χ3v) is 6.75. The highest BCUT2D eigenvalue weighted by Gasteiger charge is 2.37. The standard InChI is InChI=1S/C31H34N4O4/c1-5-21-11-10-12-22(17-21)33-28(37)18-25-30(38)35(19-27(36)31(2,3)20-39-4)26-15-7-6-13-23(26)29(34-25)24-14-8-9-16-32-24/h6-17,25H,5,18-20H2,1-4H3,(H,33,37). The Morgan fingerprint density at radius 2 is 1.82 bits per heavy atom. The number of hydrogen-bond donors (Lipinski definition) is 1. The normalized spacial score (nSPS) is 15.3. The minimum Gasteiger partial charge on any atom is -0.384 e. The summed E-state index contributed by atoms with van der Waals surface area (Å²) in [5.41, 5.74) is 3.23. The summed E-state index contributed by atoms with van der Waals surface area (Å²) in [5.74, 6) is -0.927. The maximum atomic E-state index is 14.0. The number of carbonyl (C=O) groups is 3. The third kappa shape index (κ3) is 6.46. The van der Waals surface area contributed by atoms with Crippen LogP contribution < -0.4 is 10.2 Å². The summed E-state index contributed by atoms with van der Waals surface area (Å²) < 4.78 is 5.25. The van der Waals surface area contributed by atoms with Crippen LogP contribution in [-0.2, 0) is 25.5 Å². The lowest BCUT2D eigenvalue weighted by Gasteiger charge is -2.29. The molecule has 8 nitrogen and oxygen atoms in total. The van der Waals surface area contributed by atoms with E-state index in [0.717, 1.165) is 12.0 Å². The van der Waals surface area contributed by atoms with Gasteiger partial charge in [-0.1, -0.05) is 57.2 Å². The molecule has 1 atom stereocenters. The number of Topliss-reactive ketones (excluding diaryl/α,β-unsaturated/α-hetero) is 1. The fourth-order valence-electron chi connectivity index (χ4n) is 4.55. The van der Waals surface area contributed by atoms with Gasteiger partial charge in [-0.15, -0.1) is 0 Å². The molecule has 39 heavy (non-hydrogen) atoms. The summed E-state index contributed by atoms with van der Waals surface area (Å²) >= 11 is 0. The van der Waals surface area contributed by atoms with Gasteiger partial charge in [-0.2, -0.15) is 0 Å². The Hall–Kier alpha value is -4.17. The minimum atomic E-state index is -1.05. The second kappa shape index (κ2) is 12.1. The van der Waals surface area contributed by atoms with Gasteiger partial charge in [0.05, 0.1) is 36.7 Å². The number of amides is 2. The number of para-hydroxylation sites is 1. The quantitative estimate of drug-likeness (QED) is 0.420. The van der Waals surface area contributed by atoms with Crippen molar-refractivity contribution in [1.29, 1.82) is 0 Å². The van der Waals surface area contributed by atoms with E-state index in [4.69, 9.17) is 9.73 Å². The summed E-state index contributed by atoms with van der Waals surface area (Å²) in [5, 5.41) is 2.90. The van der Waals surface area contributed by atoms with E-state index in [1.165, 1.54) is 4.90 Å². The molecule has 0 bridgehead atoms. The first-order valence-corrected chi connectivity index (χ1v) is 13.0. The van der Waals surface area contributed by atoms with Crippen LogP contribution in [0.1, 0.15) is 44.0 Å². The molecule has 0 spiro atoms. The van der Waals surface area contributed by atoms with Gasteiger partial charge in [0.25, 0.3) is 5.91 Å². The van der Waals surface area contributed by atoms with Gasteiger partial charge in [-0.05, 0) is 42.3 Å². The smallest absolute Gasteiger partial charge is 0.252 e. The highest BCUT2D eigenvalue weighted by molar-refractivity contribution is 6.20. The number of anilines is 2. The van der Waals surface area contributed by atoms with E-state index in [-0.39, 0.29) is 31.3 Å². The molecular formula is C31H34N4O4. The van der Waals surface area contributed by atoms with E-state index >= 15 is 0 Å². The number of nitrogens with zero attached hydrogens (tertiary/aromatic N) is 3. The monoisotopic (exact) mass is 526 g/mol. The topological polar surface area (TPSA) is 101 Å². The summed E-state index contributed by atoms with van der Waals surface area (Å²) in [4.78, 5) is 51.3. The Labute approximate surface area is 229 Å². The molecule has 2 heterocycles. The molecule has 2 amide bonds. The van der Waals surface area contributed by atoms with Crippen LogP contribution in [0.2, 0.25) is 0 Å². The van der Waals surface area contributed by atoms with Crippen molar-refractivity contribution < 1.29 is 19.1 Å². The number of carbonyl (C=O) groups excluding carboxylic acids is 3. The summed E-state index contributed by atoms with van der Waals surface area (Å²) in [7, 11) is 1.54.